The van der Waals surface area contributed by atoms with E-state index in [-0.39, 0.29) is 0 Å². The summed E-state index contributed by atoms with van der Waals surface area (Å²) in [5, 5.41) is 4.75. The van der Waals surface area contributed by atoms with Crippen molar-refractivity contribution in [3.05, 3.63) is 101 Å². The van der Waals surface area contributed by atoms with E-state index in [0.29, 0.717) is 5.56 Å². The van der Waals surface area contributed by atoms with Gasteiger partial charge < -0.3 is 20.4 Å². The van der Waals surface area contributed by atoms with Gasteiger partial charge in [0.1, 0.15) is 5.75 Å². The molecule has 4 rings (SSSR count). The zero-order chi connectivity index (χ0) is 21.6. The Labute approximate surface area is 182 Å². The van der Waals surface area contributed by atoms with Crippen LogP contribution in [0.15, 0.2) is 79.0 Å². The molecule has 0 atom stereocenters. The summed E-state index contributed by atoms with van der Waals surface area (Å²) in [6.45, 7) is 2.51. The van der Waals surface area contributed by atoms with Crippen molar-refractivity contribution in [1.29, 1.82) is 0 Å². The molecule has 0 aliphatic carbocycles. The molecule has 31 heavy (non-hydrogen) atoms. The first-order valence-corrected chi connectivity index (χ1v) is 10.4. The highest BCUT2D eigenvalue weighted by atomic mass is 16.5. The van der Waals surface area contributed by atoms with Crippen LogP contribution in [0.3, 0.4) is 0 Å². The molecule has 0 spiro atoms. The number of aromatic nitrogens is 1. The molecule has 5 heteroatoms. The summed E-state index contributed by atoms with van der Waals surface area (Å²) >= 11 is 0. The van der Waals surface area contributed by atoms with Crippen LogP contribution < -0.4 is 15.8 Å². The molecule has 0 aliphatic rings. The highest BCUT2D eigenvalue weighted by molar-refractivity contribution is 5.92. The highest BCUT2D eigenvalue weighted by Crippen LogP contribution is 2.19. The number of nitrogens with one attached hydrogen (secondary N) is 1. The van der Waals surface area contributed by atoms with E-state index in [1.807, 2.05) is 24.3 Å². The molecule has 158 valence electrons. The van der Waals surface area contributed by atoms with Gasteiger partial charge in [0.2, 0.25) is 5.91 Å². The Morgan fingerprint density at radius 2 is 1.65 bits per heavy atom. The maximum absolute atomic E-state index is 11.2. The van der Waals surface area contributed by atoms with Crippen molar-refractivity contribution in [2.45, 2.75) is 19.5 Å². The first-order valence-electron chi connectivity index (χ1n) is 10.4. The van der Waals surface area contributed by atoms with E-state index >= 15 is 0 Å². The molecule has 0 bridgehead atoms. The Balaban J connectivity index is 1.33. The predicted molar refractivity (Wildman–Crippen MR) is 124 cm³/mol. The van der Waals surface area contributed by atoms with Crippen LogP contribution in [0.2, 0.25) is 0 Å². The van der Waals surface area contributed by atoms with Gasteiger partial charge >= 0.3 is 0 Å². The number of carbonyl (C=O) groups excluding carboxylic acids is 1. The van der Waals surface area contributed by atoms with Gasteiger partial charge in [0.05, 0.1) is 7.11 Å². The number of carbonyl (C=O) groups is 1. The van der Waals surface area contributed by atoms with E-state index in [4.69, 9.17) is 10.5 Å². The van der Waals surface area contributed by atoms with Crippen molar-refractivity contribution in [3.8, 4) is 5.75 Å². The number of hydrogen-bond acceptors (Lipinski definition) is 3. The molecule has 4 aromatic rings. The average molecular weight is 414 g/mol. The predicted octanol–water partition coefficient (Wildman–Crippen LogP) is 4.13. The van der Waals surface area contributed by atoms with Crippen molar-refractivity contribution in [3.63, 3.8) is 0 Å². The smallest absolute Gasteiger partial charge is 0.248 e. The van der Waals surface area contributed by atoms with Crippen LogP contribution in [0, 0.1) is 0 Å². The van der Waals surface area contributed by atoms with E-state index in [9.17, 15) is 4.79 Å². The van der Waals surface area contributed by atoms with Crippen LogP contribution in [-0.4, -0.2) is 24.1 Å². The highest BCUT2D eigenvalue weighted by Gasteiger charge is 2.05. The Hall–Kier alpha value is -3.57. The summed E-state index contributed by atoms with van der Waals surface area (Å²) in [6, 6.07) is 24.4. The summed E-state index contributed by atoms with van der Waals surface area (Å²) in [6.07, 6.45) is 3.09. The molecule has 0 saturated carbocycles. The molecule has 3 N–H and O–H groups in total. The van der Waals surface area contributed by atoms with E-state index in [0.717, 1.165) is 37.4 Å². The van der Waals surface area contributed by atoms with Crippen LogP contribution in [-0.2, 0) is 19.5 Å². The molecular weight excluding hydrogens is 386 g/mol. The van der Waals surface area contributed by atoms with Gasteiger partial charge in [0.15, 0.2) is 0 Å². The summed E-state index contributed by atoms with van der Waals surface area (Å²) in [5.41, 5.74) is 10.7. The number of rotatable bonds is 9. The van der Waals surface area contributed by atoms with Crippen molar-refractivity contribution in [1.82, 2.24) is 9.88 Å². The molecule has 0 unspecified atom stereocenters. The minimum Gasteiger partial charge on any atom is -0.497 e. The molecule has 0 fully saturated rings. The number of amides is 1. The number of ether oxygens (including phenoxy) is 1. The fraction of sp³-hybridized carbons (Fsp3) is 0.192. The third-order valence-corrected chi connectivity index (χ3v) is 5.51. The largest absolute Gasteiger partial charge is 0.497 e. The van der Waals surface area contributed by atoms with Crippen molar-refractivity contribution < 1.29 is 9.53 Å². The first-order chi connectivity index (χ1) is 15.1. The lowest BCUT2D eigenvalue weighted by Crippen LogP contribution is -2.16. The summed E-state index contributed by atoms with van der Waals surface area (Å²) in [5.74, 6) is 0.489. The number of fused-ring (bicyclic) bond motifs is 1. The monoisotopic (exact) mass is 413 g/mol. The minimum absolute atomic E-state index is 0.400. The molecule has 0 saturated heterocycles. The molecule has 0 aliphatic heterocycles. The molecular formula is C26H27N3O2. The molecule has 1 aromatic heterocycles. The van der Waals surface area contributed by atoms with E-state index in [2.05, 4.69) is 52.5 Å². The third-order valence-electron chi connectivity index (χ3n) is 5.51. The number of nitrogens with zero attached hydrogens (tertiary/aromatic N) is 1. The van der Waals surface area contributed by atoms with Gasteiger partial charge in [0.25, 0.3) is 0 Å². The zero-order valence-electron chi connectivity index (χ0n) is 17.7. The van der Waals surface area contributed by atoms with Crippen LogP contribution in [0.1, 0.15) is 27.0 Å². The van der Waals surface area contributed by atoms with Crippen molar-refractivity contribution in [2.24, 2.45) is 5.73 Å². The molecule has 1 heterocycles. The lowest BCUT2D eigenvalue weighted by molar-refractivity contribution is 0.100. The quantitative estimate of drug-likeness (QED) is 0.406. The van der Waals surface area contributed by atoms with Gasteiger partial charge in [-0.1, -0.05) is 30.3 Å². The van der Waals surface area contributed by atoms with Gasteiger partial charge in [-0.3, -0.25) is 4.79 Å². The van der Waals surface area contributed by atoms with Crippen LogP contribution in [0.5, 0.6) is 5.75 Å². The number of hydrogen-bond donors (Lipinski definition) is 2. The zero-order valence-corrected chi connectivity index (χ0v) is 17.7. The lowest BCUT2D eigenvalue weighted by Gasteiger charge is -2.09. The SMILES string of the molecule is COc1ccc(CCNCc2ccc3c(ccn3Cc3ccc(C(N)=O)cc3)c2)cc1. The Kier molecular flexibility index (Phi) is 6.34. The second-order valence-electron chi connectivity index (χ2n) is 7.67. The Bertz CT molecular complexity index is 1160. The Morgan fingerprint density at radius 3 is 2.35 bits per heavy atom. The van der Waals surface area contributed by atoms with Crippen LogP contribution in [0.4, 0.5) is 0 Å². The maximum atomic E-state index is 11.2. The maximum Gasteiger partial charge on any atom is 0.248 e. The normalized spacial score (nSPS) is 11.0. The van der Waals surface area contributed by atoms with Gasteiger partial charge in [-0.2, -0.15) is 0 Å². The standard InChI is InChI=1S/C26H27N3O2/c1-31-24-9-4-19(5-10-24)12-14-28-17-21-6-11-25-23(16-21)13-15-29(25)18-20-2-7-22(8-3-20)26(27)30/h2-11,13,15-16,28H,12,14,17-18H2,1H3,(H2,27,30). The van der Waals surface area contributed by atoms with Crippen molar-refractivity contribution >= 4 is 16.8 Å². The minimum atomic E-state index is -0.400. The van der Waals surface area contributed by atoms with Crippen LogP contribution >= 0.6 is 0 Å². The van der Waals surface area contributed by atoms with Gasteiger partial charge in [-0.25, -0.2) is 0 Å². The number of methoxy groups -OCH3 is 1. The van der Waals surface area contributed by atoms with E-state index < -0.39 is 5.91 Å². The number of primary amides is 1. The first kappa shape index (κ1) is 20.7. The topological polar surface area (TPSA) is 69.3 Å². The van der Waals surface area contributed by atoms with Gasteiger partial charge in [0, 0.05) is 30.4 Å². The molecule has 1 amide bonds. The van der Waals surface area contributed by atoms with Crippen molar-refractivity contribution in [2.75, 3.05) is 13.7 Å². The fourth-order valence-electron chi connectivity index (χ4n) is 3.73. The fourth-order valence-corrected chi connectivity index (χ4v) is 3.73. The number of benzene rings is 3. The van der Waals surface area contributed by atoms with Crippen LogP contribution in [0.25, 0.3) is 10.9 Å². The Morgan fingerprint density at radius 1 is 0.935 bits per heavy atom. The number of nitrogens with two attached hydrogens (primary N) is 1. The van der Waals surface area contributed by atoms with E-state index in [1.165, 1.54) is 22.0 Å². The van der Waals surface area contributed by atoms with E-state index in [1.54, 1.807) is 19.2 Å². The average Bonchev–Trinajstić information content (AvgIpc) is 3.19. The molecule has 3 aromatic carbocycles. The third kappa shape index (κ3) is 5.13. The van der Waals surface area contributed by atoms with Gasteiger partial charge in [-0.15, -0.1) is 0 Å². The summed E-state index contributed by atoms with van der Waals surface area (Å²) in [7, 11) is 1.68. The second kappa shape index (κ2) is 9.49. The van der Waals surface area contributed by atoms with Gasteiger partial charge in [-0.05, 0) is 77.5 Å². The summed E-state index contributed by atoms with van der Waals surface area (Å²) < 4.78 is 7.42. The molecule has 0 radical (unpaired) electrons. The lowest BCUT2D eigenvalue weighted by atomic mass is 10.1. The summed E-state index contributed by atoms with van der Waals surface area (Å²) in [4.78, 5) is 11.2. The second-order valence-corrected chi connectivity index (χ2v) is 7.67. The molecule has 5 nitrogen and oxygen atoms in total.